The maximum Gasteiger partial charge on any atom is 0.0471 e. The summed E-state index contributed by atoms with van der Waals surface area (Å²) < 4.78 is 0. The van der Waals surface area contributed by atoms with Crippen LogP contribution in [0.3, 0.4) is 0 Å². The second-order valence-electron chi connectivity index (χ2n) is 5.07. The highest BCUT2D eigenvalue weighted by molar-refractivity contribution is 8.00. The highest BCUT2D eigenvalue weighted by Gasteiger charge is 2.25. The van der Waals surface area contributed by atoms with Crippen molar-refractivity contribution in [3.63, 3.8) is 0 Å². The van der Waals surface area contributed by atoms with Crippen molar-refractivity contribution in [3.05, 3.63) is 28.8 Å². The van der Waals surface area contributed by atoms with E-state index >= 15 is 0 Å². The Labute approximate surface area is 125 Å². The first kappa shape index (κ1) is 15.0. The van der Waals surface area contributed by atoms with Crippen LogP contribution in [0.15, 0.2) is 18.2 Å². The quantitative estimate of drug-likeness (QED) is 0.911. The van der Waals surface area contributed by atoms with Crippen LogP contribution < -0.4 is 10.2 Å². The number of nitrogens with one attached hydrogen (secondary N) is 1. The SMILES string of the molecule is CCNCc1ccc(N2CCSC(C)C2C)cc1Cl. The van der Waals surface area contributed by atoms with Crippen molar-refractivity contribution in [1.82, 2.24) is 5.32 Å². The Morgan fingerprint density at radius 2 is 2.21 bits per heavy atom. The molecule has 2 unspecified atom stereocenters. The molecule has 0 amide bonds. The molecule has 106 valence electrons. The molecule has 4 heteroatoms. The van der Waals surface area contributed by atoms with Crippen LogP contribution in [0.5, 0.6) is 0 Å². The zero-order valence-corrected chi connectivity index (χ0v) is 13.5. The molecule has 1 heterocycles. The third-order valence-electron chi connectivity index (χ3n) is 3.82. The summed E-state index contributed by atoms with van der Waals surface area (Å²) in [5.74, 6) is 1.20. The van der Waals surface area contributed by atoms with Gasteiger partial charge in [0.1, 0.15) is 0 Å². The maximum atomic E-state index is 6.40. The van der Waals surface area contributed by atoms with Crippen molar-refractivity contribution in [3.8, 4) is 0 Å². The van der Waals surface area contributed by atoms with E-state index in [1.54, 1.807) is 0 Å². The predicted molar refractivity (Wildman–Crippen MR) is 87.6 cm³/mol. The van der Waals surface area contributed by atoms with Gasteiger partial charge >= 0.3 is 0 Å². The largest absolute Gasteiger partial charge is 0.367 e. The highest BCUT2D eigenvalue weighted by Crippen LogP contribution is 2.31. The van der Waals surface area contributed by atoms with Gasteiger partial charge in [0.05, 0.1) is 0 Å². The molecular weight excluding hydrogens is 276 g/mol. The molecule has 1 aromatic rings. The van der Waals surface area contributed by atoms with Crippen LogP contribution in [0.1, 0.15) is 26.3 Å². The lowest BCUT2D eigenvalue weighted by Gasteiger charge is -2.39. The molecule has 0 radical (unpaired) electrons. The fourth-order valence-electron chi connectivity index (χ4n) is 2.42. The first-order chi connectivity index (χ1) is 9.13. The Balaban J connectivity index is 2.14. The van der Waals surface area contributed by atoms with E-state index in [0.29, 0.717) is 11.3 Å². The number of hydrogen-bond acceptors (Lipinski definition) is 3. The molecule has 1 aliphatic rings. The van der Waals surface area contributed by atoms with Crippen LogP contribution in [0.4, 0.5) is 5.69 Å². The van der Waals surface area contributed by atoms with Gasteiger partial charge in [-0.15, -0.1) is 0 Å². The molecule has 1 fully saturated rings. The third kappa shape index (κ3) is 3.59. The molecule has 0 aromatic heterocycles. The van der Waals surface area contributed by atoms with E-state index in [0.717, 1.165) is 24.7 Å². The minimum absolute atomic E-state index is 0.564. The molecule has 0 saturated carbocycles. The van der Waals surface area contributed by atoms with Crippen molar-refractivity contribution >= 4 is 29.1 Å². The molecule has 0 aliphatic carbocycles. The van der Waals surface area contributed by atoms with Crippen molar-refractivity contribution < 1.29 is 0 Å². The van der Waals surface area contributed by atoms with Crippen molar-refractivity contribution in [2.24, 2.45) is 0 Å². The molecule has 2 rings (SSSR count). The summed E-state index contributed by atoms with van der Waals surface area (Å²) in [6.45, 7) is 9.64. The Morgan fingerprint density at radius 1 is 1.42 bits per heavy atom. The molecule has 2 nitrogen and oxygen atoms in total. The molecule has 0 spiro atoms. The zero-order chi connectivity index (χ0) is 13.8. The summed E-state index contributed by atoms with van der Waals surface area (Å²) in [5.41, 5.74) is 2.43. The molecule has 0 bridgehead atoms. The Kier molecular flexibility index (Phi) is 5.43. The third-order valence-corrected chi connectivity index (χ3v) is 5.51. The monoisotopic (exact) mass is 298 g/mol. The summed E-state index contributed by atoms with van der Waals surface area (Å²) in [6.07, 6.45) is 0. The van der Waals surface area contributed by atoms with Gasteiger partial charge in [-0.25, -0.2) is 0 Å². The highest BCUT2D eigenvalue weighted by atomic mass is 35.5. The van der Waals surface area contributed by atoms with Crippen LogP contribution in [0.25, 0.3) is 0 Å². The van der Waals surface area contributed by atoms with Gasteiger partial charge in [0.25, 0.3) is 0 Å². The van der Waals surface area contributed by atoms with E-state index in [4.69, 9.17) is 11.6 Å². The number of halogens is 1. The molecule has 2 atom stereocenters. The van der Waals surface area contributed by atoms with Gasteiger partial charge in [-0.1, -0.05) is 31.5 Å². The number of nitrogens with zero attached hydrogens (tertiary/aromatic N) is 1. The molecule has 1 N–H and O–H groups in total. The summed E-state index contributed by atoms with van der Waals surface area (Å²) >= 11 is 8.45. The molecule has 1 saturated heterocycles. The average molecular weight is 299 g/mol. The minimum Gasteiger partial charge on any atom is -0.367 e. The Morgan fingerprint density at radius 3 is 2.89 bits per heavy atom. The number of anilines is 1. The van der Waals surface area contributed by atoms with Crippen molar-refractivity contribution in [2.75, 3.05) is 23.7 Å². The number of benzene rings is 1. The lowest BCUT2D eigenvalue weighted by atomic mass is 10.1. The average Bonchev–Trinajstić information content (AvgIpc) is 2.40. The maximum absolute atomic E-state index is 6.40. The van der Waals surface area contributed by atoms with Crippen molar-refractivity contribution in [1.29, 1.82) is 0 Å². The van der Waals surface area contributed by atoms with Gasteiger partial charge in [0.2, 0.25) is 0 Å². The summed E-state index contributed by atoms with van der Waals surface area (Å²) in [4.78, 5) is 2.48. The minimum atomic E-state index is 0.564. The van der Waals surface area contributed by atoms with E-state index in [-0.39, 0.29) is 0 Å². The van der Waals surface area contributed by atoms with E-state index in [1.807, 2.05) is 0 Å². The van der Waals surface area contributed by atoms with E-state index < -0.39 is 0 Å². The lowest BCUT2D eigenvalue weighted by Crippen LogP contribution is -2.44. The summed E-state index contributed by atoms with van der Waals surface area (Å²) in [7, 11) is 0. The number of hydrogen-bond donors (Lipinski definition) is 1. The predicted octanol–water partition coefficient (Wildman–Crippen LogP) is 3.78. The van der Waals surface area contributed by atoms with Gasteiger partial charge in [-0.2, -0.15) is 11.8 Å². The van der Waals surface area contributed by atoms with Crippen LogP contribution >= 0.6 is 23.4 Å². The first-order valence-corrected chi connectivity index (χ1v) is 8.43. The zero-order valence-electron chi connectivity index (χ0n) is 11.9. The van der Waals surface area contributed by atoms with Gasteiger partial charge in [0, 0.05) is 40.8 Å². The number of thioether (sulfide) groups is 1. The number of rotatable bonds is 4. The molecule has 1 aromatic carbocycles. The first-order valence-electron chi connectivity index (χ1n) is 7.01. The van der Waals surface area contributed by atoms with Gasteiger partial charge < -0.3 is 10.2 Å². The van der Waals surface area contributed by atoms with Crippen LogP contribution in [-0.4, -0.2) is 30.1 Å². The lowest BCUT2D eigenvalue weighted by molar-refractivity contribution is 0.627. The Hall–Kier alpha value is -0.380. The topological polar surface area (TPSA) is 15.3 Å². The molecule has 1 aliphatic heterocycles. The van der Waals surface area contributed by atoms with Crippen LogP contribution in [-0.2, 0) is 6.54 Å². The normalized spacial score (nSPS) is 23.7. The fraction of sp³-hybridized carbons (Fsp3) is 0.600. The second-order valence-corrected chi connectivity index (χ2v) is 6.96. The Bertz CT molecular complexity index is 425. The summed E-state index contributed by atoms with van der Waals surface area (Å²) in [6, 6.07) is 7.04. The van der Waals surface area contributed by atoms with Crippen LogP contribution in [0, 0.1) is 0 Å². The summed E-state index contributed by atoms with van der Waals surface area (Å²) in [5, 5.41) is 4.87. The van der Waals surface area contributed by atoms with E-state index in [9.17, 15) is 0 Å². The second kappa shape index (κ2) is 6.87. The molecular formula is C15H23ClN2S. The van der Waals surface area contributed by atoms with E-state index in [2.05, 4.69) is 60.9 Å². The standard InChI is InChI=1S/C15H23ClN2S/c1-4-17-10-13-5-6-14(9-15(13)16)18-7-8-19-12(3)11(18)2/h5-6,9,11-12,17H,4,7-8,10H2,1-3H3. The fourth-order valence-corrected chi connectivity index (χ4v) is 3.76. The molecule has 19 heavy (non-hydrogen) atoms. The van der Waals surface area contributed by atoms with Gasteiger partial charge in [-0.3, -0.25) is 0 Å². The van der Waals surface area contributed by atoms with E-state index in [1.165, 1.54) is 17.0 Å². The van der Waals surface area contributed by atoms with Gasteiger partial charge in [0.15, 0.2) is 0 Å². The van der Waals surface area contributed by atoms with Crippen LogP contribution in [0.2, 0.25) is 5.02 Å². The van der Waals surface area contributed by atoms with Crippen molar-refractivity contribution in [2.45, 2.75) is 38.6 Å². The van der Waals surface area contributed by atoms with Gasteiger partial charge in [-0.05, 0) is 31.2 Å². The smallest absolute Gasteiger partial charge is 0.0471 e.